The first-order valence-electron chi connectivity index (χ1n) is 5.98. The second-order valence-electron chi connectivity index (χ2n) is 4.40. The largest absolute Gasteiger partial charge is 0.508 e. The van der Waals surface area contributed by atoms with E-state index in [-0.39, 0.29) is 22.4 Å². The van der Waals surface area contributed by atoms with Crippen molar-refractivity contribution >= 4 is 17.7 Å². The van der Waals surface area contributed by atoms with Crippen LogP contribution in [-0.4, -0.2) is 38.1 Å². The van der Waals surface area contributed by atoms with E-state index in [0.29, 0.717) is 0 Å². The van der Waals surface area contributed by atoms with Gasteiger partial charge in [-0.15, -0.1) is 0 Å². The fourth-order valence-corrected chi connectivity index (χ4v) is 1.91. The summed E-state index contributed by atoms with van der Waals surface area (Å²) in [6.07, 6.45) is 0. The van der Waals surface area contributed by atoms with Crippen molar-refractivity contribution in [1.82, 2.24) is 0 Å². The highest BCUT2D eigenvalue weighted by Crippen LogP contribution is 2.25. The maximum atomic E-state index is 12.3. The molecule has 0 saturated heterocycles. The first kappa shape index (κ1) is 15.0. The van der Waals surface area contributed by atoms with Crippen LogP contribution in [0.5, 0.6) is 11.5 Å². The topological polar surface area (TPSA) is 132 Å². The quantitative estimate of drug-likeness (QED) is 0.632. The van der Waals surface area contributed by atoms with Gasteiger partial charge in [-0.1, -0.05) is 0 Å². The van der Waals surface area contributed by atoms with Crippen molar-refractivity contribution in [3.05, 3.63) is 58.7 Å². The van der Waals surface area contributed by atoms with Crippen LogP contribution >= 0.6 is 0 Å². The SMILES string of the molecule is O=C(O)c1ccc(C(=O)c2ccc(O)cc2C(=O)O)c(O)c1. The summed E-state index contributed by atoms with van der Waals surface area (Å²) in [4.78, 5) is 34.3. The smallest absolute Gasteiger partial charge is 0.336 e. The predicted octanol–water partition coefficient (Wildman–Crippen LogP) is 1.73. The number of carbonyl (C=O) groups excluding carboxylic acids is 1. The molecule has 2 aromatic carbocycles. The molecule has 0 bridgehead atoms. The van der Waals surface area contributed by atoms with Gasteiger partial charge >= 0.3 is 11.9 Å². The molecule has 0 aromatic heterocycles. The van der Waals surface area contributed by atoms with Crippen LogP contribution < -0.4 is 0 Å². The molecule has 2 rings (SSSR count). The summed E-state index contributed by atoms with van der Waals surface area (Å²) >= 11 is 0. The number of aromatic hydroxyl groups is 2. The first-order valence-corrected chi connectivity index (χ1v) is 5.98. The summed E-state index contributed by atoms with van der Waals surface area (Å²) in [7, 11) is 0. The Labute approximate surface area is 123 Å². The summed E-state index contributed by atoms with van der Waals surface area (Å²) in [5.74, 6) is -4.38. The molecule has 112 valence electrons. The molecular formula is C15H10O7. The van der Waals surface area contributed by atoms with Gasteiger partial charge in [0, 0.05) is 5.56 Å². The Morgan fingerprint density at radius 2 is 1.36 bits per heavy atom. The second-order valence-corrected chi connectivity index (χ2v) is 4.40. The van der Waals surface area contributed by atoms with Crippen LogP contribution in [0.1, 0.15) is 36.6 Å². The molecule has 22 heavy (non-hydrogen) atoms. The Balaban J connectivity index is 2.53. The molecule has 7 heteroatoms. The maximum Gasteiger partial charge on any atom is 0.336 e. The van der Waals surface area contributed by atoms with Gasteiger partial charge in [0.05, 0.1) is 16.7 Å². The Bertz CT molecular complexity index is 792. The lowest BCUT2D eigenvalue weighted by Gasteiger charge is -2.08. The third-order valence-electron chi connectivity index (χ3n) is 2.97. The fraction of sp³-hybridized carbons (Fsp3) is 0. The van der Waals surface area contributed by atoms with Crippen LogP contribution in [0.3, 0.4) is 0 Å². The molecule has 7 nitrogen and oxygen atoms in total. The number of hydrogen-bond acceptors (Lipinski definition) is 5. The van der Waals surface area contributed by atoms with Gasteiger partial charge in [-0.2, -0.15) is 0 Å². The molecule has 0 unspecified atom stereocenters. The highest BCUT2D eigenvalue weighted by Gasteiger charge is 2.21. The highest BCUT2D eigenvalue weighted by molar-refractivity contribution is 6.15. The van der Waals surface area contributed by atoms with Gasteiger partial charge in [0.25, 0.3) is 0 Å². The summed E-state index contributed by atoms with van der Waals surface area (Å²) in [6.45, 7) is 0. The van der Waals surface area contributed by atoms with Crippen molar-refractivity contribution in [2.75, 3.05) is 0 Å². The second kappa shape index (κ2) is 5.57. The third-order valence-corrected chi connectivity index (χ3v) is 2.97. The molecule has 0 aliphatic carbocycles. The van der Waals surface area contributed by atoms with E-state index in [2.05, 4.69) is 0 Å². The minimum atomic E-state index is -1.42. The van der Waals surface area contributed by atoms with Crippen LogP contribution in [-0.2, 0) is 0 Å². The summed E-state index contributed by atoms with van der Waals surface area (Å²) in [6, 6.07) is 6.29. The van der Waals surface area contributed by atoms with Gasteiger partial charge in [-0.3, -0.25) is 4.79 Å². The third kappa shape index (κ3) is 2.73. The van der Waals surface area contributed by atoms with Gasteiger partial charge in [0.2, 0.25) is 0 Å². The Morgan fingerprint density at radius 1 is 0.727 bits per heavy atom. The minimum Gasteiger partial charge on any atom is -0.508 e. The normalized spacial score (nSPS) is 10.2. The van der Waals surface area contributed by atoms with Crippen molar-refractivity contribution < 1.29 is 34.8 Å². The molecule has 0 radical (unpaired) electrons. The number of rotatable bonds is 4. The number of phenols is 2. The summed E-state index contributed by atoms with van der Waals surface area (Å²) in [5, 5.41) is 36.9. The van der Waals surface area contributed by atoms with Crippen LogP contribution in [0.25, 0.3) is 0 Å². The lowest BCUT2D eigenvalue weighted by Crippen LogP contribution is -2.10. The molecule has 0 amide bonds. The first-order chi connectivity index (χ1) is 10.3. The molecule has 0 fully saturated rings. The molecule has 0 spiro atoms. The summed E-state index contributed by atoms with van der Waals surface area (Å²) < 4.78 is 0. The van der Waals surface area contributed by atoms with Crippen molar-refractivity contribution in [3.63, 3.8) is 0 Å². The van der Waals surface area contributed by atoms with Gasteiger partial charge < -0.3 is 20.4 Å². The van der Waals surface area contributed by atoms with Gasteiger partial charge in [0.1, 0.15) is 11.5 Å². The number of benzene rings is 2. The van der Waals surface area contributed by atoms with E-state index >= 15 is 0 Å². The number of phenolic OH excluding ortho intramolecular Hbond substituents is 2. The number of carboxylic acids is 2. The molecule has 4 N–H and O–H groups in total. The zero-order valence-corrected chi connectivity index (χ0v) is 11.0. The molecule has 0 saturated carbocycles. The van der Waals surface area contributed by atoms with E-state index in [0.717, 1.165) is 36.4 Å². The van der Waals surface area contributed by atoms with Crippen LogP contribution in [0.4, 0.5) is 0 Å². The Morgan fingerprint density at radius 3 is 1.91 bits per heavy atom. The minimum absolute atomic E-state index is 0.210. The molecule has 0 heterocycles. The number of carboxylic acid groups (broad SMARTS) is 2. The van der Waals surface area contributed by atoms with E-state index in [1.807, 2.05) is 0 Å². The predicted molar refractivity (Wildman–Crippen MR) is 73.6 cm³/mol. The molecular weight excluding hydrogens is 292 g/mol. The zero-order chi connectivity index (χ0) is 16.4. The van der Waals surface area contributed by atoms with Crippen molar-refractivity contribution in [3.8, 4) is 11.5 Å². The van der Waals surface area contributed by atoms with Gasteiger partial charge in [0.15, 0.2) is 5.78 Å². The van der Waals surface area contributed by atoms with Crippen LogP contribution in [0, 0.1) is 0 Å². The molecule has 2 aromatic rings. The lowest BCUT2D eigenvalue weighted by molar-refractivity contribution is 0.0685. The van der Waals surface area contributed by atoms with E-state index in [4.69, 9.17) is 10.2 Å². The number of aromatic carboxylic acids is 2. The molecule has 0 atom stereocenters. The van der Waals surface area contributed by atoms with E-state index in [1.165, 1.54) is 0 Å². The van der Waals surface area contributed by atoms with E-state index < -0.39 is 29.0 Å². The van der Waals surface area contributed by atoms with Gasteiger partial charge in [-0.25, -0.2) is 9.59 Å². The highest BCUT2D eigenvalue weighted by atomic mass is 16.4. The van der Waals surface area contributed by atoms with E-state index in [9.17, 15) is 24.6 Å². The van der Waals surface area contributed by atoms with Crippen LogP contribution in [0.2, 0.25) is 0 Å². The average molecular weight is 302 g/mol. The number of carbonyl (C=O) groups is 3. The molecule has 0 aliphatic rings. The zero-order valence-electron chi connectivity index (χ0n) is 11.0. The van der Waals surface area contributed by atoms with Crippen LogP contribution in [0.15, 0.2) is 36.4 Å². The Kier molecular flexibility index (Phi) is 3.81. The van der Waals surface area contributed by atoms with Crippen molar-refractivity contribution in [1.29, 1.82) is 0 Å². The maximum absolute atomic E-state index is 12.3. The monoisotopic (exact) mass is 302 g/mol. The fourth-order valence-electron chi connectivity index (χ4n) is 1.91. The van der Waals surface area contributed by atoms with E-state index in [1.54, 1.807) is 0 Å². The van der Waals surface area contributed by atoms with Gasteiger partial charge in [-0.05, 0) is 36.4 Å². The Hall–Kier alpha value is -3.35. The number of hydrogen-bond donors (Lipinski definition) is 4. The standard InChI is InChI=1S/C15H10O7/c16-8-2-4-9(11(6-8)15(21)22)13(18)10-3-1-7(14(19)20)5-12(10)17/h1-6,16-17H,(H,19,20)(H,21,22). The van der Waals surface area contributed by atoms with Crippen molar-refractivity contribution in [2.24, 2.45) is 0 Å². The average Bonchev–Trinajstić information content (AvgIpc) is 2.46. The molecule has 0 aliphatic heterocycles. The lowest BCUT2D eigenvalue weighted by atomic mass is 9.96. The number of ketones is 1. The van der Waals surface area contributed by atoms with Crippen molar-refractivity contribution in [2.45, 2.75) is 0 Å². The summed E-state index contributed by atoms with van der Waals surface area (Å²) in [5.41, 5.74) is -1.10.